The van der Waals surface area contributed by atoms with Crippen molar-refractivity contribution in [1.29, 1.82) is 0 Å². The summed E-state index contributed by atoms with van der Waals surface area (Å²) in [5, 5.41) is 7.33. The number of benzene rings is 1. The molecule has 134 valence electrons. The Labute approximate surface area is 148 Å². The summed E-state index contributed by atoms with van der Waals surface area (Å²) in [6.45, 7) is 6.80. The summed E-state index contributed by atoms with van der Waals surface area (Å²) in [5.41, 5.74) is 1.87. The highest BCUT2D eigenvalue weighted by atomic mass is 16.5. The summed E-state index contributed by atoms with van der Waals surface area (Å²) in [6, 6.07) is 9.84. The number of nitrogens with zero attached hydrogens (tertiary/aromatic N) is 3. The first-order chi connectivity index (χ1) is 12.1. The van der Waals surface area contributed by atoms with Gasteiger partial charge < -0.3 is 15.0 Å². The molecule has 2 heterocycles. The third-order valence-electron chi connectivity index (χ3n) is 4.38. The molecule has 6 nitrogen and oxygen atoms in total. The van der Waals surface area contributed by atoms with E-state index in [1.165, 1.54) is 0 Å². The molecular weight excluding hydrogens is 316 g/mol. The average Bonchev–Trinajstić information content (AvgIpc) is 3.09. The maximum Gasteiger partial charge on any atom is 0.322 e. The molecule has 1 N–H and O–H groups in total. The number of amides is 2. The van der Waals surface area contributed by atoms with Crippen LogP contribution in [-0.2, 0) is 11.3 Å². The highest BCUT2D eigenvalue weighted by Gasteiger charge is 2.28. The van der Waals surface area contributed by atoms with Gasteiger partial charge in [-0.25, -0.2) is 4.79 Å². The first kappa shape index (κ1) is 17.5. The van der Waals surface area contributed by atoms with Crippen molar-refractivity contribution in [1.82, 2.24) is 14.7 Å². The van der Waals surface area contributed by atoms with Crippen LogP contribution in [0.4, 0.5) is 10.5 Å². The van der Waals surface area contributed by atoms with Gasteiger partial charge in [-0.1, -0.05) is 32.0 Å². The minimum absolute atomic E-state index is 0.0538. The van der Waals surface area contributed by atoms with Crippen LogP contribution in [0.25, 0.3) is 0 Å². The van der Waals surface area contributed by atoms with Gasteiger partial charge in [-0.3, -0.25) is 4.68 Å². The third-order valence-corrected chi connectivity index (χ3v) is 4.38. The molecule has 1 aromatic heterocycles. The topological polar surface area (TPSA) is 59.4 Å². The van der Waals surface area contributed by atoms with E-state index < -0.39 is 0 Å². The Kier molecular flexibility index (Phi) is 5.71. The highest BCUT2D eigenvalue weighted by Crippen LogP contribution is 2.20. The first-order valence-electron chi connectivity index (χ1n) is 8.84. The number of carbonyl (C=O) groups is 1. The smallest absolute Gasteiger partial charge is 0.322 e. The first-order valence-corrected chi connectivity index (χ1v) is 8.84. The molecule has 1 aromatic carbocycles. The van der Waals surface area contributed by atoms with Gasteiger partial charge >= 0.3 is 6.03 Å². The molecule has 6 heteroatoms. The number of nitrogens with one attached hydrogen (secondary N) is 1. The van der Waals surface area contributed by atoms with E-state index in [0.717, 1.165) is 17.7 Å². The summed E-state index contributed by atoms with van der Waals surface area (Å²) in [5.74, 6) is 0.522. The Bertz CT molecular complexity index is 684. The lowest BCUT2D eigenvalue weighted by molar-refractivity contribution is 0.00857. The second kappa shape index (κ2) is 8.16. The SMILES string of the molecule is CC(C)C[C@H]1COCCN1C(=O)Nc1ccccc1Cn1cccn1. The lowest BCUT2D eigenvalue weighted by atomic mass is 10.0. The van der Waals surface area contributed by atoms with Crippen LogP contribution in [0.2, 0.25) is 0 Å². The van der Waals surface area contributed by atoms with E-state index in [2.05, 4.69) is 24.3 Å². The number of aromatic nitrogens is 2. The van der Waals surface area contributed by atoms with Gasteiger partial charge in [-0.15, -0.1) is 0 Å². The van der Waals surface area contributed by atoms with E-state index in [0.29, 0.717) is 32.2 Å². The average molecular weight is 342 g/mol. The molecule has 1 atom stereocenters. The molecule has 0 unspecified atom stereocenters. The van der Waals surface area contributed by atoms with Crippen LogP contribution in [0.15, 0.2) is 42.7 Å². The molecule has 25 heavy (non-hydrogen) atoms. The standard InChI is InChI=1S/C19H26N4O2/c1-15(2)12-17-14-25-11-10-23(17)19(24)21-18-7-4-3-6-16(18)13-22-9-5-8-20-22/h3-9,15,17H,10-14H2,1-2H3,(H,21,24)/t17-/m0/s1. The summed E-state index contributed by atoms with van der Waals surface area (Å²) >= 11 is 0. The molecule has 1 aliphatic heterocycles. The van der Waals surface area contributed by atoms with Crippen molar-refractivity contribution in [2.24, 2.45) is 5.92 Å². The molecule has 1 saturated heterocycles. The molecule has 1 aliphatic rings. The maximum absolute atomic E-state index is 12.9. The van der Waals surface area contributed by atoms with E-state index in [9.17, 15) is 4.79 Å². The lowest BCUT2D eigenvalue weighted by Gasteiger charge is -2.36. The van der Waals surface area contributed by atoms with E-state index in [4.69, 9.17) is 4.74 Å². The van der Waals surface area contributed by atoms with E-state index in [1.807, 2.05) is 46.1 Å². The number of anilines is 1. The fourth-order valence-electron chi connectivity index (χ4n) is 3.20. The number of hydrogen-bond donors (Lipinski definition) is 1. The molecule has 3 rings (SSSR count). The van der Waals surface area contributed by atoms with Gasteiger partial charge in [0.15, 0.2) is 0 Å². The Morgan fingerprint density at radius 1 is 1.36 bits per heavy atom. The molecular formula is C19H26N4O2. The number of rotatable bonds is 5. The number of hydrogen-bond acceptors (Lipinski definition) is 3. The fraction of sp³-hybridized carbons (Fsp3) is 0.474. The predicted molar refractivity (Wildman–Crippen MR) is 97.6 cm³/mol. The summed E-state index contributed by atoms with van der Waals surface area (Å²) < 4.78 is 7.42. The van der Waals surface area contributed by atoms with Gasteiger partial charge in [-0.05, 0) is 30.0 Å². The quantitative estimate of drug-likeness (QED) is 0.908. The van der Waals surface area contributed by atoms with Crippen LogP contribution >= 0.6 is 0 Å². The molecule has 2 amide bonds. The Morgan fingerprint density at radius 2 is 2.20 bits per heavy atom. The molecule has 1 fully saturated rings. The molecule has 0 aliphatic carbocycles. The largest absolute Gasteiger partial charge is 0.377 e. The second-order valence-corrected chi connectivity index (χ2v) is 6.84. The van der Waals surface area contributed by atoms with Gasteiger partial charge in [0, 0.05) is 24.6 Å². The highest BCUT2D eigenvalue weighted by molar-refractivity contribution is 5.90. The van der Waals surface area contributed by atoms with Gasteiger partial charge in [0.25, 0.3) is 0 Å². The third kappa shape index (κ3) is 4.60. The van der Waals surface area contributed by atoms with E-state index in [-0.39, 0.29) is 12.1 Å². The molecule has 0 saturated carbocycles. The van der Waals surface area contributed by atoms with Gasteiger partial charge in [-0.2, -0.15) is 5.10 Å². The van der Waals surface area contributed by atoms with Crippen LogP contribution in [0.1, 0.15) is 25.8 Å². The predicted octanol–water partition coefficient (Wildman–Crippen LogP) is 3.21. The van der Waals surface area contributed by atoms with Crippen molar-refractivity contribution in [3.63, 3.8) is 0 Å². The number of para-hydroxylation sites is 1. The Morgan fingerprint density at radius 3 is 2.96 bits per heavy atom. The maximum atomic E-state index is 12.9. The van der Waals surface area contributed by atoms with Gasteiger partial charge in [0.05, 0.1) is 25.8 Å². The number of urea groups is 1. The normalized spacial score (nSPS) is 17.7. The lowest BCUT2D eigenvalue weighted by Crippen LogP contribution is -2.50. The molecule has 2 aromatic rings. The van der Waals surface area contributed by atoms with E-state index in [1.54, 1.807) is 6.20 Å². The number of ether oxygens (including phenoxy) is 1. The number of morpholine rings is 1. The zero-order valence-corrected chi connectivity index (χ0v) is 14.9. The van der Waals surface area contributed by atoms with Crippen LogP contribution in [0.3, 0.4) is 0 Å². The fourth-order valence-corrected chi connectivity index (χ4v) is 3.20. The van der Waals surface area contributed by atoms with E-state index >= 15 is 0 Å². The Hall–Kier alpha value is -2.34. The molecule has 0 spiro atoms. The summed E-state index contributed by atoms with van der Waals surface area (Å²) in [7, 11) is 0. The van der Waals surface area contributed by atoms with Gasteiger partial charge in [0.2, 0.25) is 0 Å². The Balaban J connectivity index is 1.71. The van der Waals surface area contributed by atoms with Crippen LogP contribution in [-0.4, -0.2) is 46.5 Å². The zero-order valence-electron chi connectivity index (χ0n) is 14.9. The minimum atomic E-state index is -0.0538. The van der Waals surface area contributed by atoms with Crippen molar-refractivity contribution >= 4 is 11.7 Å². The summed E-state index contributed by atoms with van der Waals surface area (Å²) in [6.07, 6.45) is 4.62. The van der Waals surface area contributed by atoms with Gasteiger partial charge in [0.1, 0.15) is 0 Å². The van der Waals surface area contributed by atoms with Crippen molar-refractivity contribution in [3.8, 4) is 0 Å². The molecule has 0 bridgehead atoms. The van der Waals surface area contributed by atoms with Crippen molar-refractivity contribution in [2.75, 3.05) is 25.1 Å². The number of carbonyl (C=O) groups excluding carboxylic acids is 1. The minimum Gasteiger partial charge on any atom is -0.377 e. The van der Waals surface area contributed by atoms with Crippen molar-refractivity contribution < 1.29 is 9.53 Å². The van der Waals surface area contributed by atoms with Crippen LogP contribution < -0.4 is 5.32 Å². The van der Waals surface area contributed by atoms with Crippen molar-refractivity contribution in [3.05, 3.63) is 48.3 Å². The van der Waals surface area contributed by atoms with Crippen LogP contribution in [0, 0.1) is 5.92 Å². The van der Waals surface area contributed by atoms with Crippen molar-refractivity contribution in [2.45, 2.75) is 32.9 Å². The van der Waals surface area contributed by atoms with Crippen LogP contribution in [0.5, 0.6) is 0 Å². The molecule has 0 radical (unpaired) electrons. The zero-order chi connectivity index (χ0) is 17.6. The summed E-state index contributed by atoms with van der Waals surface area (Å²) in [4.78, 5) is 14.8. The monoisotopic (exact) mass is 342 g/mol. The second-order valence-electron chi connectivity index (χ2n) is 6.84.